The molecule has 0 radical (unpaired) electrons. The molecule has 104 valence electrons. The first-order valence-electron chi connectivity index (χ1n) is 6.29. The van der Waals surface area contributed by atoms with E-state index in [1.807, 2.05) is 33.0 Å². The molecular weight excluding hydrogens is 242 g/mol. The van der Waals surface area contributed by atoms with Crippen LogP contribution < -0.4 is 10.6 Å². The summed E-state index contributed by atoms with van der Waals surface area (Å²) in [6.07, 6.45) is -0.585. The number of carbonyl (C=O) groups is 1. The summed E-state index contributed by atoms with van der Waals surface area (Å²) in [7, 11) is 1.88. The van der Waals surface area contributed by atoms with E-state index in [1.54, 1.807) is 12.1 Å². The van der Waals surface area contributed by atoms with Crippen LogP contribution in [0.15, 0.2) is 24.3 Å². The molecule has 1 aromatic rings. The number of benzene rings is 1. The molecule has 5 nitrogen and oxygen atoms in total. The van der Waals surface area contributed by atoms with Gasteiger partial charge in [-0.15, -0.1) is 0 Å². The van der Waals surface area contributed by atoms with Crippen LogP contribution in [0.4, 0.5) is 4.79 Å². The number of ether oxygens (including phenoxy) is 1. The highest BCUT2D eigenvalue weighted by Crippen LogP contribution is 2.04. The van der Waals surface area contributed by atoms with Gasteiger partial charge in [0.15, 0.2) is 0 Å². The van der Waals surface area contributed by atoms with Crippen molar-refractivity contribution in [3.8, 4) is 0 Å². The van der Waals surface area contributed by atoms with Gasteiger partial charge in [-0.3, -0.25) is 10.7 Å². The topological polar surface area (TPSA) is 74.2 Å². The van der Waals surface area contributed by atoms with E-state index in [9.17, 15) is 4.79 Å². The molecule has 0 fully saturated rings. The van der Waals surface area contributed by atoms with Gasteiger partial charge in [-0.2, -0.15) is 0 Å². The van der Waals surface area contributed by atoms with Crippen LogP contribution in [0, 0.1) is 11.3 Å². The molecule has 0 spiro atoms. The Morgan fingerprint density at radius 2 is 1.95 bits per heavy atom. The third kappa shape index (κ3) is 5.52. The van der Waals surface area contributed by atoms with E-state index in [4.69, 9.17) is 10.1 Å². The van der Waals surface area contributed by atoms with Gasteiger partial charge >= 0.3 is 6.09 Å². The second-order valence-corrected chi connectivity index (χ2v) is 4.72. The molecule has 0 saturated carbocycles. The van der Waals surface area contributed by atoms with Crippen molar-refractivity contribution in [2.75, 3.05) is 13.7 Å². The molecule has 0 aliphatic carbocycles. The van der Waals surface area contributed by atoms with E-state index in [1.165, 1.54) is 0 Å². The van der Waals surface area contributed by atoms with Crippen LogP contribution in [0.2, 0.25) is 0 Å². The van der Waals surface area contributed by atoms with Crippen molar-refractivity contribution in [3.63, 3.8) is 0 Å². The predicted octanol–water partition coefficient (Wildman–Crippen LogP) is 2.11. The summed E-state index contributed by atoms with van der Waals surface area (Å²) in [5, 5.41) is 13.2. The average molecular weight is 263 g/mol. The molecule has 1 rings (SSSR count). The highest BCUT2D eigenvalue weighted by molar-refractivity contribution is 6.04. The van der Waals surface area contributed by atoms with Gasteiger partial charge < -0.3 is 10.1 Å². The van der Waals surface area contributed by atoms with Crippen LogP contribution in [0.1, 0.15) is 25.0 Å². The van der Waals surface area contributed by atoms with Gasteiger partial charge in [-0.25, -0.2) is 4.79 Å². The van der Waals surface area contributed by atoms with Gasteiger partial charge in [0, 0.05) is 12.1 Å². The van der Waals surface area contributed by atoms with E-state index in [2.05, 4.69) is 10.6 Å². The fraction of sp³-hybridized carbons (Fsp3) is 0.429. The standard InChI is InChI=1S/C14H21N3O2/c1-10(2)9-19-14(18)17-13(15)12-6-4-11(5-7-12)8-16-3/h4-7,10,16H,8-9H2,1-3H3,(H2,15,17,18). The summed E-state index contributed by atoms with van der Waals surface area (Å²) < 4.78 is 4.96. The average Bonchev–Trinajstić information content (AvgIpc) is 2.37. The number of nitrogens with one attached hydrogen (secondary N) is 3. The normalized spacial score (nSPS) is 10.3. The van der Waals surface area contributed by atoms with Crippen LogP contribution in [-0.2, 0) is 11.3 Å². The molecule has 1 amide bonds. The van der Waals surface area contributed by atoms with Crippen LogP contribution >= 0.6 is 0 Å². The highest BCUT2D eigenvalue weighted by Gasteiger charge is 2.08. The van der Waals surface area contributed by atoms with Gasteiger partial charge in [0.05, 0.1) is 6.61 Å². The first-order chi connectivity index (χ1) is 9.02. The summed E-state index contributed by atoms with van der Waals surface area (Å²) in [5.41, 5.74) is 1.78. The largest absolute Gasteiger partial charge is 0.449 e. The zero-order valence-corrected chi connectivity index (χ0v) is 11.6. The zero-order chi connectivity index (χ0) is 14.3. The third-order valence-corrected chi connectivity index (χ3v) is 2.40. The van der Waals surface area contributed by atoms with Gasteiger partial charge in [0.2, 0.25) is 0 Å². The van der Waals surface area contributed by atoms with Crippen molar-refractivity contribution in [1.82, 2.24) is 10.6 Å². The maximum absolute atomic E-state index is 11.4. The Morgan fingerprint density at radius 3 is 2.47 bits per heavy atom. The van der Waals surface area contributed by atoms with Gasteiger partial charge in [-0.05, 0) is 18.5 Å². The number of hydrogen-bond donors (Lipinski definition) is 3. The molecule has 0 aliphatic rings. The van der Waals surface area contributed by atoms with Gasteiger partial charge in [-0.1, -0.05) is 38.1 Å². The van der Waals surface area contributed by atoms with E-state index < -0.39 is 6.09 Å². The summed E-state index contributed by atoms with van der Waals surface area (Å²) in [4.78, 5) is 11.4. The van der Waals surface area contributed by atoms with Crippen molar-refractivity contribution < 1.29 is 9.53 Å². The Bertz CT molecular complexity index is 427. The first kappa shape index (κ1) is 15.2. The molecule has 0 unspecified atom stereocenters. The number of carbonyl (C=O) groups excluding carboxylic acids is 1. The lowest BCUT2D eigenvalue weighted by Crippen LogP contribution is -2.31. The number of amides is 1. The second kappa shape index (κ2) is 7.53. The lowest BCUT2D eigenvalue weighted by atomic mass is 10.1. The second-order valence-electron chi connectivity index (χ2n) is 4.72. The lowest BCUT2D eigenvalue weighted by Gasteiger charge is -2.10. The predicted molar refractivity (Wildman–Crippen MR) is 75.4 cm³/mol. The summed E-state index contributed by atoms with van der Waals surface area (Å²) in [6, 6.07) is 7.44. The van der Waals surface area contributed by atoms with Crippen LogP contribution in [0.3, 0.4) is 0 Å². The van der Waals surface area contributed by atoms with Crippen LogP contribution in [0.25, 0.3) is 0 Å². The quantitative estimate of drug-likeness (QED) is 0.562. The Labute approximate surface area is 113 Å². The van der Waals surface area contributed by atoms with Gasteiger partial charge in [0.25, 0.3) is 0 Å². The zero-order valence-electron chi connectivity index (χ0n) is 11.6. The highest BCUT2D eigenvalue weighted by atomic mass is 16.5. The van der Waals surface area contributed by atoms with E-state index in [-0.39, 0.29) is 11.8 Å². The van der Waals surface area contributed by atoms with E-state index in [0.717, 1.165) is 12.1 Å². The Hall–Kier alpha value is -1.88. The van der Waals surface area contributed by atoms with E-state index in [0.29, 0.717) is 12.2 Å². The minimum atomic E-state index is -0.585. The molecule has 0 aliphatic heterocycles. The molecule has 0 heterocycles. The Kier molecular flexibility index (Phi) is 6.02. The summed E-state index contributed by atoms with van der Waals surface area (Å²) >= 11 is 0. The Morgan fingerprint density at radius 1 is 1.32 bits per heavy atom. The summed E-state index contributed by atoms with van der Waals surface area (Å²) in [6.45, 7) is 5.04. The van der Waals surface area contributed by atoms with Crippen molar-refractivity contribution >= 4 is 11.9 Å². The van der Waals surface area contributed by atoms with Crippen molar-refractivity contribution in [2.45, 2.75) is 20.4 Å². The Balaban J connectivity index is 2.51. The summed E-state index contributed by atoms with van der Waals surface area (Å²) in [5.74, 6) is 0.325. The fourth-order valence-corrected chi connectivity index (χ4v) is 1.45. The monoisotopic (exact) mass is 263 g/mol. The smallest absolute Gasteiger partial charge is 0.412 e. The molecule has 19 heavy (non-hydrogen) atoms. The van der Waals surface area contributed by atoms with Crippen molar-refractivity contribution in [2.24, 2.45) is 5.92 Å². The molecule has 0 bridgehead atoms. The number of rotatable bonds is 5. The molecule has 1 aromatic carbocycles. The maximum Gasteiger partial charge on any atom is 0.412 e. The number of hydrogen-bond acceptors (Lipinski definition) is 4. The maximum atomic E-state index is 11.4. The van der Waals surface area contributed by atoms with Gasteiger partial charge in [0.1, 0.15) is 5.84 Å². The molecule has 0 atom stereocenters. The molecule has 0 saturated heterocycles. The minimum absolute atomic E-state index is 0.0461. The fourth-order valence-electron chi connectivity index (χ4n) is 1.45. The lowest BCUT2D eigenvalue weighted by molar-refractivity contribution is 0.138. The third-order valence-electron chi connectivity index (χ3n) is 2.40. The molecule has 3 N–H and O–H groups in total. The molecule has 5 heteroatoms. The van der Waals surface area contributed by atoms with E-state index >= 15 is 0 Å². The number of alkyl carbamates (subject to hydrolysis) is 1. The molecular formula is C14H21N3O2. The van der Waals surface area contributed by atoms with Crippen LogP contribution in [0.5, 0.6) is 0 Å². The minimum Gasteiger partial charge on any atom is -0.449 e. The van der Waals surface area contributed by atoms with Crippen molar-refractivity contribution in [3.05, 3.63) is 35.4 Å². The van der Waals surface area contributed by atoms with Crippen molar-refractivity contribution in [1.29, 1.82) is 5.41 Å². The molecule has 0 aromatic heterocycles. The SMILES string of the molecule is CNCc1ccc(C(=N)NC(=O)OCC(C)C)cc1. The number of amidine groups is 1. The van der Waals surface area contributed by atoms with Crippen LogP contribution in [-0.4, -0.2) is 25.6 Å². The first-order valence-corrected chi connectivity index (χ1v) is 6.29.